The zero-order chi connectivity index (χ0) is 22.6. The summed E-state index contributed by atoms with van der Waals surface area (Å²) in [7, 11) is 0. The molecule has 0 amide bonds. The maximum Gasteiger partial charge on any atom is 0.180 e. The van der Waals surface area contributed by atoms with Crippen LogP contribution in [-0.4, -0.2) is 0 Å². The predicted octanol–water partition coefficient (Wildman–Crippen LogP) is 1.78. The molecule has 0 aliphatic heterocycles. The lowest BCUT2D eigenvalue weighted by Gasteiger charge is -2.09. The van der Waals surface area contributed by atoms with Crippen LogP contribution < -0.4 is 10.4 Å². The summed E-state index contributed by atoms with van der Waals surface area (Å²) in [6.45, 7) is 0. The molecule has 0 unspecified atom stereocenters. The third-order valence-corrected chi connectivity index (χ3v) is 3.93. The Hall–Kier alpha value is -5.16. The lowest BCUT2D eigenvalue weighted by molar-refractivity contribution is 0.447. The predicted molar refractivity (Wildman–Crippen MR) is 88.9 cm³/mol. The van der Waals surface area contributed by atoms with Crippen LogP contribution in [0.4, 0.5) is 17.6 Å². The number of rotatable bonds is 1. The summed E-state index contributed by atoms with van der Waals surface area (Å²) in [5.41, 5.74) is -5.83. The van der Waals surface area contributed by atoms with E-state index in [9.17, 15) is 33.3 Å². The summed E-state index contributed by atoms with van der Waals surface area (Å²) in [4.78, 5) is 0. The fraction of sp³-hybridized carbons (Fsp3) is 0. The van der Waals surface area contributed by atoms with Gasteiger partial charge in [0, 0.05) is 10.4 Å². The first-order chi connectivity index (χ1) is 14.3. The van der Waals surface area contributed by atoms with Gasteiger partial charge >= 0.3 is 0 Å². The number of halogens is 4. The summed E-state index contributed by atoms with van der Waals surface area (Å²) >= 11 is 0. The molecular weight excluding hydrogens is 400 g/mol. The lowest BCUT2D eigenvalue weighted by atomic mass is 9.94. The Morgan fingerprint density at radius 2 is 1.00 bits per heavy atom. The van der Waals surface area contributed by atoms with E-state index >= 15 is 0 Å². The molecule has 0 N–H and O–H groups in total. The standard InChI is InChI=1S/C20H2F4N6/c21-17-15(8-30)18(22)20(24)16(19(17)23)14(7-29)11-2-1-10(9(3-25)4-26)12(5-27)13(11)6-28/h1-2H/b14-11+. The topological polar surface area (TPSA) is 143 Å². The van der Waals surface area contributed by atoms with Crippen LogP contribution in [0, 0.1) is 91.3 Å². The number of nitriles is 6. The molecule has 140 valence electrons. The summed E-state index contributed by atoms with van der Waals surface area (Å²) in [5.74, 6) is -8.18. The van der Waals surface area contributed by atoms with Gasteiger partial charge in [0.1, 0.15) is 47.6 Å². The molecule has 2 aromatic carbocycles. The SMILES string of the molecule is N#CC(C#N)=c1cc/c(=C(/C#N)c2c(F)c(F)c(C#N)c(F)c2F)c(C#N)c1C#N. The molecule has 30 heavy (non-hydrogen) atoms. The summed E-state index contributed by atoms with van der Waals surface area (Å²) in [6, 6.07) is 10.3. The van der Waals surface area contributed by atoms with E-state index in [0.717, 1.165) is 18.2 Å². The van der Waals surface area contributed by atoms with Crippen molar-refractivity contribution in [3.8, 4) is 36.4 Å². The Morgan fingerprint density at radius 1 is 0.567 bits per heavy atom. The van der Waals surface area contributed by atoms with Gasteiger partial charge in [-0.05, 0) is 0 Å². The van der Waals surface area contributed by atoms with Crippen LogP contribution in [0.5, 0.6) is 0 Å². The average Bonchev–Trinajstić information content (AvgIpc) is 2.76. The van der Waals surface area contributed by atoms with Crippen molar-refractivity contribution in [2.24, 2.45) is 0 Å². The third kappa shape index (κ3) is 3.04. The fourth-order valence-corrected chi connectivity index (χ4v) is 2.60. The quantitative estimate of drug-likeness (QED) is 0.525. The van der Waals surface area contributed by atoms with E-state index in [4.69, 9.17) is 15.8 Å². The molecule has 0 heterocycles. The van der Waals surface area contributed by atoms with Gasteiger partial charge in [-0.15, -0.1) is 0 Å². The van der Waals surface area contributed by atoms with E-state index in [0.29, 0.717) is 0 Å². The van der Waals surface area contributed by atoms with Gasteiger partial charge in [-0.3, -0.25) is 0 Å². The minimum absolute atomic E-state index is 0.279. The number of hydrogen-bond acceptors (Lipinski definition) is 6. The molecule has 10 heteroatoms. The molecule has 0 aliphatic rings. The second-order valence-electron chi connectivity index (χ2n) is 5.34. The molecular formula is C20H2F4N6. The van der Waals surface area contributed by atoms with E-state index in [1.54, 1.807) is 6.07 Å². The molecule has 2 rings (SSSR count). The van der Waals surface area contributed by atoms with E-state index in [-0.39, 0.29) is 5.22 Å². The highest BCUT2D eigenvalue weighted by atomic mass is 19.2. The van der Waals surface area contributed by atoms with Crippen LogP contribution >= 0.6 is 0 Å². The van der Waals surface area contributed by atoms with Crippen molar-refractivity contribution in [2.75, 3.05) is 0 Å². The van der Waals surface area contributed by atoms with E-state index < -0.39 is 61.9 Å². The molecule has 0 spiro atoms. The Kier molecular flexibility index (Phi) is 5.81. The van der Waals surface area contributed by atoms with Crippen molar-refractivity contribution < 1.29 is 17.6 Å². The minimum Gasteiger partial charge on any atom is -0.203 e. The van der Waals surface area contributed by atoms with E-state index in [2.05, 4.69) is 0 Å². The molecule has 0 radical (unpaired) electrons. The van der Waals surface area contributed by atoms with Crippen LogP contribution in [0.1, 0.15) is 22.3 Å². The van der Waals surface area contributed by atoms with Crippen molar-refractivity contribution in [1.82, 2.24) is 0 Å². The molecule has 0 saturated heterocycles. The van der Waals surface area contributed by atoms with Crippen molar-refractivity contribution in [1.29, 1.82) is 31.6 Å². The molecule has 0 bridgehead atoms. The molecule has 0 aliphatic carbocycles. The zero-order valence-corrected chi connectivity index (χ0v) is 14.3. The van der Waals surface area contributed by atoms with E-state index in [1.807, 2.05) is 0 Å². The zero-order valence-electron chi connectivity index (χ0n) is 14.3. The van der Waals surface area contributed by atoms with Gasteiger partial charge < -0.3 is 0 Å². The number of hydrogen-bond donors (Lipinski definition) is 0. The first-order valence-electron chi connectivity index (χ1n) is 7.51. The highest BCUT2D eigenvalue weighted by molar-refractivity contribution is 5.80. The summed E-state index contributed by atoms with van der Waals surface area (Å²) in [5, 5.41) is 54.0. The van der Waals surface area contributed by atoms with Gasteiger partial charge in [0.2, 0.25) is 0 Å². The molecule has 0 atom stereocenters. The van der Waals surface area contributed by atoms with Gasteiger partial charge in [0.25, 0.3) is 0 Å². The average molecular weight is 402 g/mol. The Labute approximate surface area is 165 Å². The van der Waals surface area contributed by atoms with Crippen LogP contribution in [0.15, 0.2) is 12.1 Å². The summed E-state index contributed by atoms with van der Waals surface area (Å²) in [6.07, 6.45) is 0. The molecule has 0 aromatic heterocycles. The normalized spacial score (nSPS) is 10.3. The van der Waals surface area contributed by atoms with Gasteiger partial charge in [0.15, 0.2) is 23.3 Å². The Bertz CT molecular complexity index is 1450. The monoisotopic (exact) mass is 402 g/mol. The third-order valence-electron chi connectivity index (χ3n) is 3.93. The first-order valence-corrected chi connectivity index (χ1v) is 7.51. The molecule has 6 nitrogen and oxygen atoms in total. The summed E-state index contributed by atoms with van der Waals surface area (Å²) < 4.78 is 56.8. The first kappa shape index (κ1) is 21.1. The molecule has 0 fully saturated rings. The van der Waals surface area contributed by atoms with Gasteiger partial charge in [-0.25, -0.2) is 17.6 Å². The Balaban J connectivity index is 3.26. The van der Waals surface area contributed by atoms with Crippen LogP contribution in [-0.2, 0) is 0 Å². The van der Waals surface area contributed by atoms with Crippen molar-refractivity contribution in [3.63, 3.8) is 0 Å². The second-order valence-corrected chi connectivity index (χ2v) is 5.34. The highest BCUT2D eigenvalue weighted by Gasteiger charge is 2.28. The van der Waals surface area contributed by atoms with Gasteiger partial charge in [-0.2, -0.15) is 31.6 Å². The maximum atomic E-state index is 14.4. The van der Waals surface area contributed by atoms with Gasteiger partial charge in [-0.1, -0.05) is 12.1 Å². The van der Waals surface area contributed by atoms with Gasteiger partial charge in [0.05, 0.1) is 22.3 Å². The van der Waals surface area contributed by atoms with Crippen LogP contribution in [0.25, 0.3) is 11.1 Å². The Morgan fingerprint density at radius 3 is 1.40 bits per heavy atom. The fourth-order valence-electron chi connectivity index (χ4n) is 2.60. The second kappa shape index (κ2) is 8.24. The molecule has 0 saturated carbocycles. The van der Waals surface area contributed by atoms with E-state index in [1.165, 1.54) is 24.3 Å². The van der Waals surface area contributed by atoms with Crippen molar-refractivity contribution >= 4 is 11.1 Å². The number of benzene rings is 2. The van der Waals surface area contributed by atoms with Crippen LogP contribution in [0.3, 0.4) is 0 Å². The maximum absolute atomic E-state index is 14.4. The lowest BCUT2D eigenvalue weighted by Crippen LogP contribution is -2.23. The van der Waals surface area contributed by atoms with Crippen LogP contribution in [0.2, 0.25) is 0 Å². The highest BCUT2D eigenvalue weighted by Crippen LogP contribution is 2.27. The smallest absolute Gasteiger partial charge is 0.180 e. The number of nitrogens with zero attached hydrogens (tertiary/aromatic N) is 6. The van der Waals surface area contributed by atoms with Crippen molar-refractivity contribution in [2.45, 2.75) is 0 Å². The molecule has 2 aromatic rings. The largest absolute Gasteiger partial charge is 0.203 e. The minimum atomic E-state index is -2.05. The van der Waals surface area contributed by atoms with Crippen molar-refractivity contribution in [3.05, 3.63) is 68.1 Å².